The van der Waals surface area contributed by atoms with Gasteiger partial charge >= 0.3 is 5.97 Å². The van der Waals surface area contributed by atoms with Gasteiger partial charge in [-0.3, -0.25) is 14.4 Å². The van der Waals surface area contributed by atoms with Crippen molar-refractivity contribution in [3.8, 4) is 0 Å². The average Bonchev–Trinajstić information content (AvgIpc) is 2.71. The van der Waals surface area contributed by atoms with E-state index in [0.717, 1.165) is 0 Å². The van der Waals surface area contributed by atoms with Crippen LogP contribution in [-0.4, -0.2) is 84.8 Å². The number of ketones is 2. The van der Waals surface area contributed by atoms with Gasteiger partial charge in [0.2, 0.25) is 0 Å². The smallest absolute Gasteiger partial charge is 0.323 e. The van der Waals surface area contributed by atoms with Gasteiger partial charge < -0.3 is 30.9 Å². The molecule has 0 aromatic rings. The van der Waals surface area contributed by atoms with Crippen LogP contribution in [0.25, 0.3) is 0 Å². The Balaban J connectivity index is 7.07. The van der Waals surface area contributed by atoms with Crippen molar-refractivity contribution >= 4 is 17.5 Å². The second-order valence-electron chi connectivity index (χ2n) is 11.3. The van der Waals surface area contributed by atoms with Crippen LogP contribution in [0, 0.1) is 23.7 Å². The first kappa shape index (κ1) is 34.6. The van der Waals surface area contributed by atoms with Crippen LogP contribution >= 0.6 is 0 Å². The molecule has 4 unspecified atom stereocenters. The summed E-state index contributed by atoms with van der Waals surface area (Å²) in [6.45, 7) is 14.5. The van der Waals surface area contributed by atoms with E-state index in [9.17, 15) is 24.6 Å². The Bertz CT molecular complexity index is 663. The molecule has 0 aliphatic heterocycles. The van der Waals surface area contributed by atoms with Crippen LogP contribution in [0.2, 0.25) is 0 Å². The molecular weight excluding hydrogens is 462 g/mol. The Morgan fingerprint density at radius 3 is 1.50 bits per heavy atom. The molecule has 0 heterocycles. The van der Waals surface area contributed by atoms with Crippen LogP contribution in [0.3, 0.4) is 0 Å². The highest BCUT2D eigenvalue weighted by Crippen LogP contribution is 2.38. The fourth-order valence-electron chi connectivity index (χ4n) is 5.20. The van der Waals surface area contributed by atoms with Crippen molar-refractivity contribution in [2.24, 2.45) is 23.7 Å². The number of Topliss-reactive ketones (excluding diaryl/α,β-unsaturated/α-hetero) is 2. The molecule has 0 fully saturated rings. The summed E-state index contributed by atoms with van der Waals surface area (Å²) in [6, 6.07) is -1.80. The van der Waals surface area contributed by atoms with Gasteiger partial charge in [0.15, 0.2) is 11.6 Å². The van der Waals surface area contributed by atoms with Gasteiger partial charge in [-0.05, 0) is 59.2 Å². The van der Waals surface area contributed by atoms with E-state index in [1.807, 2.05) is 41.5 Å². The number of likely N-dealkylation sites (N-methyl/N-ethyl adjacent to an activating group) is 3. The molecule has 0 saturated carbocycles. The van der Waals surface area contributed by atoms with Gasteiger partial charge in [0.1, 0.15) is 11.6 Å². The lowest BCUT2D eigenvalue weighted by Gasteiger charge is -2.43. The van der Waals surface area contributed by atoms with Gasteiger partial charge in [0.25, 0.3) is 0 Å². The SMILES string of the molecule is CN[C@H](C(=O)CC(CC(C)O)(OC(=O)[C@@H](NC)C(C)C)C(CC(C)O)C(=O)[C@@H](NC)C(C)C)C(C)C. The largest absolute Gasteiger partial charge is 0.457 e. The lowest BCUT2D eigenvalue weighted by atomic mass is 9.70. The standard InChI is InChI=1S/C27H53N3O6/c1-15(2)22(28-9)21(33)14-27(13-19(8)32,36-26(35)24(30-11)17(5)6)20(12-18(7)31)25(34)23(29-10)16(3)4/h15-20,22-24,28-32H,12-14H2,1-11H3/t18?,19?,20?,22-,23-,24-,27?/m0/s1. The zero-order valence-corrected chi connectivity index (χ0v) is 24.3. The van der Waals surface area contributed by atoms with Crippen molar-refractivity contribution in [2.45, 2.75) is 111 Å². The van der Waals surface area contributed by atoms with E-state index in [0.29, 0.717) is 0 Å². The van der Waals surface area contributed by atoms with Crippen LogP contribution in [0.4, 0.5) is 0 Å². The number of hydrogen-bond acceptors (Lipinski definition) is 9. The van der Waals surface area contributed by atoms with E-state index in [1.54, 1.807) is 35.0 Å². The predicted molar refractivity (Wildman–Crippen MR) is 143 cm³/mol. The van der Waals surface area contributed by atoms with Crippen LogP contribution < -0.4 is 16.0 Å². The highest BCUT2D eigenvalue weighted by Gasteiger charge is 2.51. The quantitative estimate of drug-likeness (QED) is 0.173. The molecule has 0 saturated heterocycles. The molecule has 36 heavy (non-hydrogen) atoms. The summed E-state index contributed by atoms with van der Waals surface area (Å²) in [6.07, 6.45) is -2.28. The first-order chi connectivity index (χ1) is 16.6. The molecule has 0 aromatic heterocycles. The number of hydrogen-bond donors (Lipinski definition) is 5. The summed E-state index contributed by atoms with van der Waals surface area (Å²) in [5, 5.41) is 30.0. The summed E-state index contributed by atoms with van der Waals surface area (Å²) < 4.78 is 6.20. The molecule has 0 aliphatic carbocycles. The van der Waals surface area contributed by atoms with Crippen LogP contribution in [-0.2, 0) is 19.1 Å². The third-order valence-corrected chi connectivity index (χ3v) is 6.81. The van der Waals surface area contributed by atoms with Gasteiger partial charge in [0, 0.05) is 12.8 Å². The monoisotopic (exact) mass is 515 g/mol. The summed E-state index contributed by atoms with van der Waals surface area (Å²) in [5.74, 6) is -2.35. The number of ether oxygens (including phenoxy) is 1. The first-order valence-electron chi connectivity index (χ1n) is 13.3. The van der Waals surface area contributed by atoms with Crippen molar-refractivity contribution in [1.82, 2.24) is 16.0 Å². The Morgan fingerprint density at radius 2 is 1.17 bits per heavy atom. The topological polar surface area (TPSA) is 137 Å². The summed E-state index contributed by atoms with van der Waals surface area (Å²) >= 11 is 0. The summed E-state index contributed by atoms with van der Waals surface area (Å²) in [7, 11) is 5.02. The van der Waals surface area contributed by atoms with Gasteiger partial charge in [0.05, 0.1) is 30.2 Å². The zero-order chi connectivity index (χ0) is 28.4. The van der Waals surface area contributed by atoms with Crippen molar-refractivity contribution in [2.75, 3.05) is 21.1 Å². The molecular formula is C27H53N3O6. The minimum atomic E-state index is -1.64. The van der Waals surface area contributed by atoms with E-state index in [1.165, 1.54) is 0 Å². The number of carbonyl (C=O) groups is 3. The predicted octanol–water partition coefficient (Wildman–Crippen LogP) is 1.69. The molecule has 0 aromatic carbocycles. The molecule has 5 N–H and O–H groups in total. The second-order valence-corrected chi connectivity index (χ2v) is 11.3. The molecule has 0 aliphatic rings. The van der Waals surface area contributed by atoms with Crippen LogP contribution in [0.15, 0.2) is 0 Å². The van der Waals surface area contributed by atoms with Gasteiger partial charge in [-0.1, -0.05) is 41.5 Å². The Morgan fingerprint density at radius 1 is 0.722 bits per heavy atom. The third-order valence-electron chi connectivity index (χ3n) is 6.81. The Labute approximate surface area is 218 Å². The fraction of sp³-hybridized carbons (Fsp3) is 0.889. The first-order valence-corrected chi connectivity index (χ1v) is 13.3. The lowest BCUT2D eigenvalue weighted by Crippen LogP contribution is -2.58. The molecule has 0 spiro atoms. The number of carbonyl (C=O) groups excluding carboxylic acids is 3. The van der Waals surface area contributed by atoms with E-state index >= 15 is 0 Å². The number of aliphatic hydroxyl groups excluding tert-OH is 2. The molecule has 0 amide bonds. The van der Waals surface area contributed by atoms with Gasteiger partial charge in [-0.15, -0.1) is 0 Å². The fourth-order valence-corrected chi connectivity index (χ4v) is 5.20. The van der Waals surface area contributed by atoms with Crippen molar-refractivity contribution in [1.29, 1.82) is 0 Å². The lowest BCUT2D eigenvalue weighted by molar-refractivity contribution is -0.180. The summed E-state index contributed by atoms with van der Waals surface area (Å²) in [4.78, 5) is 41.1. The van der Waals surface area contributed by atoms with Crippen molar-refractivity contribution in [3.05, 3.63) is 0 Å². The van der Waals surface area contributed by atoms with Crippen molar-refractivity contribution in [3.63, 3.8) is 0 Å². The normalized spacial score (nSPS) is 18.9. The van der Waals surface area contributed by atoms with Crippen molar-refractivity contribution < 1.29 is 29.3 Å². The van der Waals surface area contributed by atoms with Crippen LogP contribution in [0.1, 0.15) is 74.7 Å². The highest BCUT2D eigenvalue weighted by molar-refractivity contribution is 5.91. The zero-order valence-electron chi connectivity index (χ0n) is 24.3. The maximum atomic E-state index is 14.0. The van der Waals surface area contributed by atoms with Crippen LogP contribution in [0.5, 0.6) is 0 Å². The average molecular weight is 516 g/mol. The molecule has 9 nitrogen and oxygen atoms in total. The molecule has 0 radical (unpaired) electrons. The molecule has 7 atom stereocenters. The molecule has 0 rings (SSSR count). The number of rotatable bonds is 18. The second kappa shape index (κ2) is 15.8. The molecule has 212 valence electrons. The summed E-state index contributed by atoms with van der Waals surface area (Å²) in [5.41, 5.74) is -1.64. The highest BCUT2D eigenvalue weighted by atomic mass is 16.6. The third kappa shape index (κ3) is 9.82. The van der Waals surface area contributed by atoms with E-state index in [-0.39, 0.29) is 48.6 Å². The van der Waals surface area contributed by atoms with Gasteiger partial charge in [-0.2, -0.15) is 0 Å². The number of nitrogens with one attached hydrogen (secondary N) is 3. The maximum absolute atomic E-state index is 14.0. The molecule has 0 bridgehead atoms. The number of esters is 1. The number of aliphatic hydroxyl groups is 2. The minimum Gasteiger partial charge on any atom is -0.457 e. The van der Waals surface area contributed by atoms with Gasteiger partial charge in [-0.25, -0.2) is 0 Å². The van der Waals surface area contributed by atoms with E-state index in [2.05, 4.69) is 16.0 Å². The Kier molecular flexibility index (Phi) is 15.2. The van der Waals surface area contributed by atoms with E-state index < -0.39 is 47.8 Å². The van der Waals surface area contributed by atoms with E-state index in [4.69, 9.17) is 4.74 Å². The molecule has 9 heteroatoms. The maximum Gasteiger partial charge on any atom is 0.323 e. The minimum absolute atomic E-state index is 0.0190. The Hall–Kier alpha value is -1.39.